The first-order valence-corrected chi connectivity index (χ1v) is 4.87. The van der Waals surface area contributed by atoms with Crippen molar-refractivity contribution in [3.05, 3.63) is 28.3 Å². The predicted octanol–water partition coefficient (Wildman–Crippen LogP) is 3.53. The van der Waals surface area contributed by atoms with Gasteiger partial charge in [0.25, 0.3) is 0 Å². The monoisotopic (exact) mass is 179 g/mol. The minimum atomic E-state index is 0.938. The molecule has 0 aliphatic carbocycles. The summed E-state index contributed by atoms with van der Waals surface area (Å²) in [5.41, 5.74) is 11.8. The third-order valence-electron chi connectivity index (χ3n) is 2.42. The van der Waals surface area contributed by atoms with Gasteiger partial charge in [-0.3, -0.25) is 0 Å². The molecular formula is C12H21N. The third kappa shape index (κ3) is 2.48. The summed E-state index contributed by atoms with van der Waals surface area (Å²) < 4.78 is 0. The lowest BCUT2D eigenvalue weighted by molar-refractivity contribution is 1.24. The zero-order valence-electron chi connectivity index (χ0n) is 9.65. The average Bonchev–Trinajstić information content (AvgIpc) is 2.15. The standard InChI is InChI=1S/C10H15N.C2H6/c1-6-5-7(2)10(11)9(4)8(6)3;1-2/h5H,11H2,1-4H3;1-2H3. The fraction of sp³-hybridized carbons (Fsp3) is 0.500. The summed E-state index contributed by atoms with van der Waals surface area (Å²) in [6, 6.07) is 2.14. The molecule has 0 bridgehead atoms. The molecule has 0 radical (unpaired) electrons. The first-order valence-electron chi connectivity index (χ1n) is 4.87. The molecule has 2 N–H and O–H groups in total. The van der Waals surface area contributed by atoms with Crippen LogP contribution in [0.5, 0.6) is 0 Å². The minimum absolute atomic E-state index is 0.938. The molecule has 1 rings (SSSR count). The van der Waals surface area contributed by atoms with Crippen molar-refractivity contribution in [3.8, 4) is 0 Å². The fourth-order valence-electron chi connectivity index (χ4n) is 1.30. The second-order valence-electron chi connectivity index (χ2n) is 3.17. The number of rotatable bonds is 0. The highest BCUT2D eigenvalue weighted by Gasteiger charge is 2.03. The maximum Gasteiger partial charge on any atom is 0.0376 e. The van der Waals surface area contributed by atoms with Gasteiger partial charge in [-0.05, 0) is 49.9 Å². The van der Waals surface area contributed by atoms with Crippen LogP contribution in [0.2, 0.25) is 0 Å². The molecule has 1 nitrogen and oxygen atoms in total. The molecule has 0 fully saturated rings. The van der Waals surface area contributed by atoms with Crippen LogP contribution in [0, 0.1) is 27.7 Å². The normalized spacial score (nSPS) is 9.08. The maximum absolute atomic E-state index is 5.85. The van der Waals surface area contributed by atoms with Gasteiger partial charge in [0, 0.05) is 5.69 Å². The summed E-state index contributed by atoms with van der Waals surface area (Å²) >= 11 is 0. The van der Waals surface area contributed by atoms with Gasteiger partial charge in [-0.25, -0.2) is 0 Å². The molecule has 0 aliphatic heterocycles. The Kier molecular flexibility index (Phi) is 4.53. The van der Waals surface area contributed by atoms with E-state index < -0.39 is 0 Å². The summed E-state index contributed by atoms with van der Waals surface area (Å²) in [6.45, 7) is 12.4. The van der Waals surface area contributed by atoms with Crippen molar-refractivity contribution in [2.24, 2.45) is 0 Å². The van der Waals surface area contributed by atoms with Gasteiger partial charge in [0.2, 0.25) is 0 Å². The van der Waals surface area contributed by atoms with Gasteiger partial charge in [-0.2, -0.15) is 0 Å². The molecule has 0 saturated carbocycles. The smallest absolute Gasteiger partial charge is 0.0376 e. The molecule has 13 heavy (non-hydrogen) atoms. The molecule has 0 atom stereocenters. The Morgan fingerprint density at radius 2 is 1.31 bits per heavy atom. The molecule has 0 amide bonds. The van der Waals surface area contributed by atoms with Crippen LogP contribution < -0.4 is 5.73 Å². The highest BCUT2D eigenvalue weighted by molar-refractivity contribution is 5.57. The molecule has 1 aromatic carbocycles. The molecule has 1 heteroatoms. The van der Waals surface area contributed by atoms with E-state index in [1.807, 2.05) is 13.8 Å². The van der Waals surface area contributed by atoms with Gasteiger partial charge < -0.3 is 5.73 Å². The van der Waals surface area contributed by atoms with Gasteiger partial charge in [-0.1, -0.05) is 19.9 Å². The van der Waals surface area contributed by atoms with Crippen molar-refractivity contribution < 1.29 is 0 Å². The third-order valence-corrected chi connectivity index (χ3v) is 2.42. The van der Waals surface area contributed by atoms with Crippen molar-refractivity contribution in [3.63, 3.8) is 0 Å². The van der Waals surface area contributed by atoms with E-state index in [0.29, 0.717) is 0 Å². The van der Waals surface area contributed by atoms with Gasteiger partial charge >= 0.3 is 0 Å². The molecule has 0 saturated heterocycles. The van der Waals surface area contributed by atoms with Crippen LogP contribution in [0.3, 0.4) is 0 Å². The van der Waals surface area contributed by atoms with E-state index in [1.54, 1.807) is 0 Å². The summed E-state index contributed by atoms with van der Waals surface area (Å²) in [5, 5.41) is 0. The summed E-state index contributed by atoms with van der Waals surface area (Å²) in [7, 11) is 0. The molecule has 0 heterocycles. The molecule has 74 valence electrons. The molecule has 0 aromatic heterocycles. The highest BCUT2D eigenvalue weighted by Crippen LogP contribution is 2.22. The molecule has 1 aromatic rings. The molecule has 0 aliphatic rings. The average molecular weight is 179 g/mol. The highest BCUT2D eigenvalue weighted by atomic mass is 14.6. The van der Waals surface area contributed by atoms with Crippen LogP contribution in [0.1, 0.15) is 36.1 Å². The number of nitrogen functional groups attached to an aromatic ring is 1. The SMILES string of the molecule is CC.Cc1cc(C)c(N)c(C)c1C. The molecular weight excluding hydrogens is 158 g/mol. The lowest BCUT2D eigenvalue weighted by atomic mass is 9.99. The van der Waals surface area contributed by atoms with Crippen molar-refractivity contribution in [2.45, 2.75) is 41.5 Å². The first-order chi connectivity index (χ1) is 6.04. The van der Waals surface area contributed by atoms with Gasteiger partial charge in [0.05, 0.1) is 0 Å². The Hall–Kier alpha value is -0.980. The number of hydrogen-bond acceptors (Lipinski definition) is 1. The van der Waals surface area contributed by atoms with E-state index >= 15 is 0 Å². The van der Waals surface area contributed by atoms with E-state index in [4.69, 9.17) is 5.73 Å². The van der Waals surface area contributed by atoms with Crippen molar-refractivity contribution >= 4 is 5.69 Å². The van der Waals surface area contributed by atoms with Crippen LogP contribution in [-0.4, -0.2) is 0 Å². The van der Waals surface area contributed by atoms with Crippen molar-refractivity contribution in [2.75, 3.05) is 5.73 Å². The zero-order valence-corrected chi connectivity index (χ0v) is 9.65. The second kappa shape index (κ2) is 4.90. The van der Waals surface area contributed by atoms with Crippen LogP contribution in [0.15, 0.2) is 6.07 Å². The number of hydrogen-bond donors (Lipinski definition) is 1. The van der Waals surface area contributed by atoms with Gasteiger partial charge in [0.1, 0.15) is 0 Å². The molecule has 0 unspecified atom stereocenters. The summed E-state index contributed by atoms with van der Waals surface area (Å²) in [4.78, 5) is 0. The second-order valence-corrected chi connectivity index (χ2v) is 3.17. The summed E-state index contributed by atoms with van der Waals surface area (Å²) in [5.74, 6) is 0. The Balaban J connectivity index is 0.000000671. The minimum Gasteiger partial charge on any atom is -0.398 e. The van der Waals surface area contributed by atoms with E-state index in [-0.39, 0.29) is 0 Å². The van der Waals surface area contributed by atoms with Crippen molar-refractivity contribution in [1.82, 2.24) is 0 Å². The van der Waals surface area contributed by atoms with Crippen LogP contribution >= 0.6 is 0 Å². The Morgan fingerprint density at radius 3 is 1.77 bits per heavy atom. The Labute approximate surface area is 82.0 Å². The van der Waals surface area contributed by atoms with E-state index in [1.165, 1.54) is 22.3 Å². The van der Waals surface area contributed by atoms with Crippen LogP contribution in [0.25, 0.3) is 0 Å². The van der Waals surface area contributed by atoms with Gasteiger partial charge in [0.15, 0.2) is 0 Å². The largest absolute Gasteiger partial charge is 0.398 e. The Bertz CT molecular complexity index is 261. The van der Waals surface area contributed by atoms with E-state index in [2.05, 4.69) is 33.8 Å². The van der Waals surface area contributed by atoms with Crippen LogP contribution in [0.4, 0.5) is 5.69 Å². The number of nitrogens with two attached hydrogens (primary N) is 1. The number of anilines is 1. The fourth-order valence-corrected chi connectivity index (χ4v) is 1.30. The Morgan fingerprint density at radius 1 is 0.846 bits per heavy atom. The number of aryl methyl sites for hydroxylation is 2. The lowest BCUT2D eigenvalue weighted by Crippen LogP contribution is -1.97. The van der Waals surface area contributed by atoms with E-state index in [0.717, 1.165) is 5.69 Å². The topological polar surface area (TPSA) is 26.0 Å². The summed E-state index contributed by atoms with van der Waals surface area (Å²) in [6.07, 6.45) is 0. The van der Waals surface area contributed by atoms with E-state index in [9.17, 15) is 0 Å². The maximum atomic E-state index is 5.85. The van der Waals surface area contributed by atoms with Crippen molar-refractivity contribution in [1.29, 1.82) is 0 Å². The first kappa shape index (κ1) is 12.0. The molecule has 0 spiro atoms. The lowest BCUT2D eigenvalue weighted by Gasteiger charge is -2.10. The van der Waals surface area contributed by atoms with Crippen LogP contribution in [-0.2, 0) is 0 Å². The quantitative estimate of drug-likeness (QED) is 0.606. The zero-order chi connectivity index (χ0) is 10.6. The van der Waals surface area contributed by atoms with Gasteiger partial charge in [-0.15, -0.1) is 0 Å². The predicted molar refractivity (Wildman–Crippen MR) is 61.2 cm³/mol. The number of benzene rings is 1.